The molecule has 0 heterocycles. The van der Waals surface area contributed by atoms with E-state index < -0.39 is 0 Å². The maximum atomic E-state index is 11.9. The fourth-order valence-corrected chi connectivity index (χ4v) is 2.07. The van der Waals surface area contributed by atoms with Crippen LogP contribution in [0.15, 0.2) is 65.7 Å². The average Bonchev–Trinajstić information content (AvgIpc) is 2.65. The third-order valence-corrected chi connectivity index (χ3v) is 3.19. The number of amides is 1. The molecule has 3 N–H and O–H groups in total. The standard InChI is InChI=1S/C19H24N4O2/c1-2-20-19(21-13-14-25-17-11-7-4-8-12-17)22-15-18(24)23-16-9-5-3-6-10-16/h3-12H,2,13-15H2,1H3,(H,23,24)(H2,20,21,22). The Labute approximate surface area is 148 Å². The lowest BCUT2D eigenvalue weighted by molar-refractivity contribution is -0.114. The van der Waals surface area contributed by atoms with Crippen molar-refractivity contribution in [3.63, 3.8) is 0 Å². The number of nitrogens with one attached hydrogen (secondary N) is 3. The molecule has 2 rings (SSSR count). The summed E-state index contributed by atoms with van der Waals surface area (Å²) in [6, 6.07) is 19.0. The SMILES string of the molecule is CCNC(=NCC(=O)Nc1ccccc1)NCCOc1ccccc1. The molecule has 132 valence electrons. The molecular weight excluding hydrogens is 316 g/mol. The topological polar surface area (TPSA) is 74.8 Å². The quantitative estimate of drug-likeness (QED) is 0.391. The zero-order valence-electron chi connectivity index (χ0n) is 14.4. The van der Waals surface area contributed by atoms with Crippen molar-refractivity contribution in [3.05, 3.63) is 60.7 Å². The van der Waals surface area contributed by atoms with Gasteiger partial charge in [-0.05, 0) is 31.2 Å². The number of ether oxygens (including phenoxy) is 1. The molecule has 0 aliphatic carbocycles. The summed E-state index contributed by atoms with van der Waals surface area (Å²) in [4.78, 5) is 16.2. The van der Waals surface area contributed by atoms with E-state index in [0.29, 0.717) is 25.7 Å². The number of hydrogen-bond donors (Lipinski definition) is 3. The first-order valence-corrected chi connectivity index (χ1v) is 8.33. The lowest BCUT2D eigenvalue weighted by Gasteiger charge is -2.12. The first kappa shape index (κ1) is 18.3. The third-order valence-electron chi connectivity index (χ3n) is 3.19. The summed E-state index contributed by atoms with van der Waals surface area (Å²) in [5.74, 6) is 1.25. The number of benzene rings is 2. The number of carbonyl (C=O) groups is 1. The summed E-state index contributed by atoms with van der Waals surface area (Å²) in [6.07, 6.45) is 0. The second-order valence-electron chi connectivity index (χ2n) is 5.20. The van der Waals surface area contributed by atoms with Gasteiger partial charge >= 0.3 is 0 Å². The van der Waals surface area contributed by atoms with Crippen LogP contribution in [-0.2, 0) is 4.79 Å². The Morgan fingerprint density at radius 1 is 1.00 bits per heavy atom. The predicted octanol–water partition coefficient (Wildman–Crippen LogP) is 2.26. The van der Waals surface area contributed by atoms with Gasteiger partial charge in [0, 0.05) is 12.2 Å². The van der Waals surface area contributed by atoms with E-state index in [2.05, 4.69) is 20.9 Å². The van der Waals surface area contributed by atoms with Crippen LogP contribution in [0.25, 0.3) is 0 Å². The van der Waals surface area contributed by atoms with E-state index in [9.17, 15) is 4.79 Å². The Morgan fingerprint density at radius 2 is 1.68 bits per heavy atom. The summed E-state index contributed by atoms with van der Waals surface area (Å²) in [6.45, 7) is 3.82. The predicted molar refractivity (Wildman–Crippen MR) is 101 cm³/mol. The van der Waals surface area contributed by atoms with Crippen LogP contribution in [0.2, 0.25) is 0 Å². The first-order chi connectivity index (χ1) is 12.3. The van der Waals surface area contributed by atoms with Crippen molar-refractivity contribution in [1.82, 2.24) is 10.6 Å². The molecule has 0 radical (unpaired) electrons. The maximum Gasteiger partial charge on any atom is 0.246 e. The van der Waals surface area contributed by atoms with Crippen LogP contribution in [0.3, 0.4) is 0 Å². The summed E-state index contributed by atoms with van der Waals surface area (Å²) in [5, 5.41) is 9.05. The average molecular weight is 340 g/mol. The van der Waals surface area contributed by atoms with Crippen LogP contribution in [0.1, 0.15) is 6.92 Å². The number of nitrogens with zero attached hydrogens (tertiary/aromatic N) is 1. The van der Waals surface area contributed by atoms with Crippen LogP contribution < -0.4 is 20.7 Å². The molecule has 0 atom stereocenters. The Kier molecular flexibility index (Phi) is 7.84. The van der Waals surface area contributed by atoms with Crippen LogP contribution >= 0.6 is 0 Å². The molecule has 0 aliphatic rings. The van der Waals surface area contributed by atoms with E-state index in [1.807, 2.05) is 67.6 Å². The van der Waals surface area contributed by atoms with Crippen molar-refractivity contribution in [3.8, 4) is 5.75 Å². The number of aliphatic imine (C=N–C) groups is 1. The van der Waals surface area contributed by atoms with Gasteiger partial charge in [-0.1, -0.05) is 36.4 Å². The molecule has 6 heteroatoms. The molecule has 2 aromatic carbocycles. The fraction of sp³-hybridized carbons (Fsp3) is 0.263. The van der Waals surface area contributed by atoms with Gasteiger partial charge in [0.05, 0.1) is 6.54 Å². The molecule has 0 spiro atoms. The third kappa shape index (κ3) is 7.39. The van der Waals surface area contributed by atoms with E-state index >= 15 is 0 Å². The highest BCUT2D eigenvalue weighted by molar-refractivity contribution is 5.94. The number of guanidine groups is 1. The van der Waals surface area contributed by atoms with Gasteiger partial charge in [-0.25, -0.2) is 4.99 Å². The van der Waals surface area contributed by atoms with Crippen LogP contribution in [-0.4, -0.2) is 38.1 Å². The van der Waals surface area contributed by atoms with E-state index in [0.717, 1.165) is 11.4 Å². The minimum absolute atomic E-state index is 0.0454. The van der Waals surface area contributed by atoms with Crippen molar-refractivity contribution in [1.29, 1.82) is 0 Å². The highest BCUT2D eigenvalue weighted by Gasteiger charge is 2.03. The minimum Gasteiger partial charge on any atom is -0.492 e. The lowest BCUT2D eigenvalue weighted by atomic mass is 10.3. The van der Waals surface area contributed by atoms with Crippen molar-refractivity contribution in [2.75, 3.05) is 31.6 Å². The Hall–Kier alpha value is -3.02. The molecule has 0 saturated carbocycles. The molecule has 0 aromatic heterocycles. The Morgan fingerprint density at radius 3 is 2.36 bits per heavy atom. The molecule has 25 heavy (non-hydrogen) atoms. The van der Waals surface area contributed by atoms with Crippen molar-refractivity contribution in [2.45, 2.75) is 6.92 Å². The zero-order valence-corrected chi connectivity index (χ0v) is 14.4. The van der Waals surface area contributed by atoms with E-state index in [1.54, 1.807) is 0 Å². The monoisotopic (exact) mass is 340 g/mol. The molecule has 0 saturated heterocycles. The van der Waals surface area contributed by atoms with Gasteiger partial charge in [-0.15, -0.1) is 0 Å². The van der Waals surface area contributed by atoms with Gasteiger partial charge in [0.15, 0.2) is 5.96 Å². The molecule has 0 fully saturated rings. The lowest BCUT2D eigenvalue weighted by Crippen LogP contribution is -2.39. The number of para-hydroxylation sites is 2. The van der Waals surface area contributed by atoms with Crippen molar-refractivity contribution < 1.29 is 9.53 Å². The molecule has 0 unspecified atom stereocenters. The maximum absolute atomic E-state index is 11.9. The first-order valence-electron chi connectivity index (χ1n) is 8.33. The number of anilines is 1. The second-order valence-corrected chi connectivity index (χ2v) is 5.20. The molecule has 0 aliphatic heterocycles. The largest absolute Gasteiger partial charge is 0.492 e. The fourth-order valence-electron chi connectivity index (χ4n) is 2.07. The summed E-state index contributed by atoms with van der Waals surface area (Å²) in [7, 11) is 0. The number of hydrogen-bond acceptors (Lipinski definition) is 3. The van der Waals surface area contributed by atoms with Gasteiger partial charge < -0.3 is 20.7 Å². The van der Waals surface area contributed by atoms with Gasteiger partial charge in [-0.3, -0.25) is 4.79 Å². The second kappa shape index (κ2) is 10.7. The summed E-state index contributed by atoms with van der Waals surface area (Å²) >= 11 is 0. The highest BCUT2D eigenvalue weighted by atomic mass is 16.5. The van der Waals surface area contributed by atoms with E-state index in [-0.39, 0.29) is 12.5 Å². The normalized spacial score (nSPS) is 10.8. The Balaban J connectivity index is 1.74. The molecular formula is C19H24N4O2. The number of carbonyl (C=O) groups excluding carboxylic acids is 1. The molecule has 6 nitrogen and oxygen atoms in total. The van der Waals surface area contributed by atoms with E-state index in [1.165, 1.54) is 0 Å². The highest BCUT2D eigenvalue weighted by Crippen LogP contribution is 2.07. The van der Waals surface area contributed by atoms with Crippen LogP contribution in [0.5, 0.6) is 5.75 Å². The van der Waals surface area contributed by atoms with Gasteiger partial charge in [0.2, 0.25) is 5.91 Å². The van der Waals surface area contributed by atoms with Crippen molar-refractivity contribution in [2.24, 2.45) is 4.99 Å². The van der Waals surface area contributed by atoms with Crippen molar-refractivity contribution >= 4 is 17.6 Å². The Bertz CT molecular complexity index is 660. The van der Waals surface area contributed by atoms with Gasteiger partial charge in [-0.2, -0.15) is 0 Å². The molecule has 1 amide bonds. The zero-order chi connectivity index (χ0) is 17.7. The van der Waals surface area contributed by atoms with Gasteiger partial charge in [0.25, 0.3) is 0 Å². The number of rotatable bonds is 8. The molecule has 2 aromatic rings. The van der Waals surface area contributed by atoms with Crippen LogP contribution in [0, 0.1) is 0 Å². The molecule has 0 bridgehead atoms. The smallest absolute Gasteiger partial charge is 0.246 e. The summed E-state index contributed by atoms with van der Waals surface area (Å²) < 4.78 is 5.61. The van der Waals surface area contributed by atoms with E-state index in [4.69, 9.17) is 4.74 Å². The summed E-state index contributed by atoms with van der Waals surface area (Å²) in [5.41, 5.74) is 0.761. The van der Waals surface area contributed by atoms with Crippen LogP contribution in [0.4, 0.5) is 5.69 Å². The van der Waals surface area contributed by atoms with Gasteiger partial charge in [0.1, 0.15) is 18.9 Å². The minimum atomic E-state index is -0.163.